The molecule has 146 valence electrons. The highest BCUT2D eigenvalue weighted by atomic mass is 32.2. The van der Waals surface area contributed by atoms with Crippen molar-refractivity contribution < 1.29 is 14.3 Å². The lowest BCUT2D eigenvalue weighted by Crippen LogP contribution is -2.38. The summed E-state index contributed by atoms with van der Waals surface area (Å²) in [6.45, 7) is 0.638. The van der Waals surface area contributed by atoms with Crippen LogP contribution in [0.4, 0.5) is 4.79 Å². The number of H-pyrrole nitrogens is 1. The van der Waals surface area contributed by atoms with Gasteiger partial charge in [0.05, 0.1) is 17.1 Å². The third-order valence-electron chi connectivity index (χ3n) is 4.54. The second kappa shape index (κ2) is 8.43. The number of fused-ring (bicyclic) bond motifs is 2. The van der Waals surface area contributed by atoms with E-state index in [0.717, 1.165) is 40.3 Å². The van der Waals surface area contributed by atoms with Crippen molar-refractivity contribution in [1.29, 1.82) is 0 Å². The molecule has 0 spiro atoms. The molecule has 28 heavy (non-hydrogen) atoms. The average molecular weight is 398 g/mol. The van der Waals surface area contributed by atoms with Gasteiger partial charge in [-0.2, -0.15) is 11.8 Å². The highest BCUT2D eigenvalue weighted by molar-refractivity contribution is 7.98. The fourth-order valence-electron chi connectivity index (χ4n) is 3.09. The maximum absolute atomic E-state index is 12.5. The summed E-state index contributed by atoms with van der Waals surface area (Å²) in [4.78, 5) is 20.4. The molecule has 0 radical (unpaired) electrons. The minimum atomic E-state index is -0.232. The number of carbonyl (C=O) groups excluding carboxylic acids is 1. The monoisotopic (exact) mass is 398 g/mol. The number of rotatable bonds is 7. The lowest BCUT2D eigenvalue weighted by molar-refractivity contribution is 0.174. The van der Waals surface area contributed by atoms with Crippen molar-refractivity contribution in [1.82, 2.24) is 20.6 Å². The molecule has 1 aliphatic rings. The van der Waals surface area contributed by atoms with Crippen LogP contribution in [0.3, 0.4) is 0 Å². The van der Waals surface area contributed by atoms with Gasteiger partial charge in [-0.1, -0.05) is 18.2 Å². The Morgan fingerprint density at radius 2 is 2.11 bits per heavy atom. The van der Waals surface area contributed by atoms with Gasteiger partial charge in [0, 0.05) is 6.54 Å². The summed E-state index contributed by atoms with van der Waals surface area (Å²) in [5, 5.41) is 5.94. The van der Waals surface area contributed by atoms with Crippen molar-refractivity contribution in [2.45, 2.75) is 19.0 Å². The van der Waals surface area contributed by atoms with Gasteiger partial charge in [0.2, 0.25) is 6.79 Å². The first-order valence-corrected chi connectivity index (χ1v) is 10.5. The number of thioether (sulfide) groups is 1. The molecular weight excluding hydrogens is 376 g/mol. The van der Waals surface area contributed by atoms with E-state index in [1.165, 1.54) is 0 Å². The molecule has 4 rings (SSSR count). The number of aromatic amines is 1. The van der Waals surface area contributed by atoms with E-state index in [0.29, 0.717) is 12.3 Å². The molecule has 1 aliphatic heterocycles. The second-order valence-electron chi connectivity index (χ2n) is 6.49. The number of imidazole rings is 1. The predicted molar refractivity (Wildman–Crippen MR) is 110 cm³/mol. The zero-order valence-electron chi connectivity index (χ0n) is 15.5. The first-order chi connectivity index (χ1) is 13.7. The number of nitrogens with one attached hydrogen (secondary N) is 3. The van der Waals surface area contributed by atoms with Crippen molar-refractivity contribution >= 4 is 28.8 Å². The van der Waals surface area contributed by atoms with Gasteiger partial charge >= 0.3 is 6.03 Å². The van der Waals surface area contributed by atoms with Gasteiger partial charge in [0.15, 0.2) is 11.5 Å². The second-order valence-corrected chi connectivity index (χ2v) is 7.47. The number of nitrogens with zero attached hydrogens (tertiary/aromatic N) is 1. The minimum Gasteiger partial charge on any atom is -0.454 e. The molecule has 0 unspecified atom stereocenters. The zero-order valence-corrected chi connectivity index (χ0v) is 16.3. The van der Waals surface area contributed by atoms with Gasteiger partial charge in [-0.15, -0.1) is 0 Å². The van der Waals surface area contributed by atoms with E-state index >= 15 is 0 Å². The summed E-state index contributed by atoms with van der Waals surface area (Å²) < 4.78 is 10.7. The van der Waals surface area contributed by atoms with Crippen LogP contribution in [-0.2, 0) is 6.54 Å². The van der Waals surface area contributed by atoms with Crippen molar-refractivity contribution in [2.75, 3.05) is 18.8 Å². The number of aromatic nitrogens is 2. The van der Waals surface area contributed by atoms with Crippen LogP contribution in [0.5, 0.6) is 11.5 Å². The zero-order chi connectivity index (χ0) is 19.3. The fraction of sp³-hybridized carbons (Fsp3) is 0.300. The Balaban J connectivity index is 1.40. The molecule has 0 saturated heterocycles. The molecule has 1 aromatic heterocycles. The summed E-state index contributed by atoms with van der Waals surface area (Å²) in [5.41, 5.74) is 2.81. The molecule has 8 heteroatoms. The van der Waals surface area contributed by atoms with Gasteiger partial charge in [0.25, 0.3) is 0 Å². The van der Waals surface area contributed by atoms with Crippen molar-refractivity contribution in [3.63, 3.8) is 0 Å². The normalized spacial score (nSPS) is 13.5. The largest absolute Gasteiger partial charge is 0.454 e. The summed E-state index contributed by atoms with van der Waals surface area (Å²) in [6, 6.07) is 13.1. The lowest BCUT2D eigenvalue weighted by Gasteiger charge is -2.17. The Kier molecular flexibility index (Phi) is 5.57. The molecule has 3 N–H and O–H groups in total. The van der Waals surface area contributed by atoms with E-state index in [-0.39, 0.29) is 18.9 Å². The number of ether oxygens (including phenoxy) is 2. The predicted octanol–water partition coefficient (Wildman–Crippen LogP) is 3.59. The van der Waals surface area contributed by atoms with Crippen molar-refractivity contribution in [3.05, 3.63) is 53.9 Å². The summed E-state index contributed by atoms with van der Waals surface area (Å²) in [5.74, 6) is 3.13. The Hall–Kier alpha value is -2.87. The fourth-order valence-corrected chi connectivity index (χ4v) is 3.56. The Morgan fingerprint density at radius 1 is 1.25 bits per heavy atom. The van der Waals surface area contributed by atoms with Crippen LogP contribution >= 0.6 is 11.8 Å². The lowest BCUT2D eigenvalue weighted by atomic mass is 10.2. The molecule has 3 aromatic rings. The Bertz CT molecular complexity index is 942. The molecule has 7 nitrogen and oxygen atoms in total. The molecule has 2 heterocycles. The van der Waals surface area contributed by atoms with Crippen LogP contribution in [0.25, 0.3) is 11.0 Å². The van der Waals surface area contributed by atoms with Crippen molar-refractivity contribution in [3.8, 4) is 11.5 Å². The molecule has 0 bridgehead atoms. The van der Waals surface area contributed by atoms with Gasteiger partial charge < -0.3 is 25.1 Å². The number of benzene rings is 2. The standard InChI is InChI=1S/C20H22N4O3S/c1-28-9-8-16(19-22-14-4-2-3-5-15(14)23-19)24-20(25)21-11-13-6-7-17-18(10-13)27-12-26-17/h2-7,10,16H,8-9,11-12H2,1H3,(H,22,23)(H2,21,24,25)/t16-/m0/s1. The van der Waals surface area contributed by atoms with Gasteiger partial charge in [-0.3, -0.25) is 0 Å². The summed E-state index contributed by atoms with van der Waals surface area (Å²) >= 11 is 1.74. The third-order valence-corrected chi connectivity index (χ3v) is 5.19. The molecule has 0 aliphatic carbocycles. The Morgan fingerprint density at radius 3 is 2.96 bits per heavy atom. The van der Waals surface area contributed by atoms with E-state index < -0.39 is 0 Å². The quantitative estimate of drug-likeness (QED) is 0.566. The van der Waals surface area contributed by atoms with Gasteiger partial charge in [-0.05, 0) is 48.3 Å². The topological polar surface area (TPSA) is 88.3 Å². The van der Waals surface area contributed by atoms with Crippen molar-refractivity contribution in [2.24, 2.45) is 0 Å². The number of amides is 2. The molecule has 0 fully saturated rings. The molecule has 1 atom stereocenters. The SMILES string of the molecule is CSCC[C@H](NC(=O)NCc1ccc2c(c1)OCO2)c1nc2ccccc2[nH]1. The first-order valence-electron chi connectivity index (χ1n) is 9.09. The van der Waals surface area contributed by atoms with E-state index in [1.807, 2.05) is 42.5 Å². The smallest absolute Gasteiger partial charge is 0.315 e. The molecule has 2 aromatic carbocycles. The number of urea groups is 1. The Labute approximate surface area is 167 Å². The van der Waals surface area contributed by atoms with Crippen LogP contribution in [0.1, 0.15) is 23.9 Å². The van der Waals surface area contributed by atoms with Crippen LogP contribution in [0.2, 0.25) is 0 Å². The van der Waals surface area contributed by atoms with Crippen LogP contribution < -0.4 is 20.1 Å². The number of hydrogen-bond acceptors (Lipinski definition) is 5. The van der Waals surface area contributed by atoms with E-state index in [1.54, 1.807) is 11.8 Å². The summed E-state index contributed by atoms with van der Waals surface area (Å²) in [7, 11) is 0. The first kappa shape index (κ1) is 18.5. The highest BCUT2D eigenvalue weighted by Gasteiger charge is 2.18. The highest BCUT2D eigenvalue weighted by Crippen LogP contribution is 2.32. The van der Waals surface area contributed by atoms with E-state index in [2.05, 4.69) is 26.9 Å². The van der Waals surface area contributed by atoms with Gasteiger partial charge in [0.1, 0.15) is 5.82 Å². The molecule has 0 saturated carbocycles. The van der Waals surface area contributed by atoms with E-state index in [4.69, 9.17) is 9.47 Å². The summed E-state index contributed by atoms with van der Waals surface area (Å²) in [6.07, 6.45) is 2.84. The maximum atomic E-state index is 12.5. The average Bonchev–Trinajstić information content (AvgIpc) is 3.35. The molecule has 2 amide bonds. The van der Waals surface area contributed by atoms with Crippen LogP contribution in [0, 0.1) is 0 Å². The molecular formula is C20H22N4O3S. The van der Waals surface area contributed by atoms with Crippen LogP contribution in [0.15, 0.2) is 42.5 Å². The minimum absolute atomic E-state index is 0.184. The maximum Gasteiger partial charge on any atom is 0.315 e. The number of carbonyl (C=O) groups is 1. The number of hydrogen-bond donors (Lipinski definition) is 3. The third kappa shape index (κ3) is 4.17. The van der Waals surface area contributed by atoms with Gasteiger partial charge in [-0.25, -0.2) is 9.78 Å². The van der Waals surface area contributed by atoms with E-state index in [9.17, 15) is 4.79 Å². The van der Waals surface area contributed by atoms with Crippen LogP contribution in [-0.4, -0.2) is 34.8 Å². The number of para-hydroxylation sites is 2.